The lowest BCUT2D eigenvalue weighted by molar-refractivity contribution is 0.183. The summed E-state index contributed by atoms with van der Waals surface area (Å²) in [6.07, 6.45) is 3.38. The summed E-state index contributed by atoms with van der Waals surface area (Å²) < 4.78 is 5.84. The number of nitrogens with zero attached hydrogens (tertiary/aromatic N) is 2. The van der Waals surface area contributed by atoms with Crippen LogP contribution in [0.5, 0.6) is 5.88 Å². The summed E-state index contributed by atoms with van der Waals surface area (Å²) in [5.41, 5.74) is 3.49. The van der Waals surface area contributed by atoms with Crippen LogP contribution >= 0.6 is 0 Å². The van der Waals surface area contributed by atoms with Crippen LogP contribution in [0.15, 0.2) is 6.33 Å². The number of nitrogens with two attached hydrogens (primary N) is 1. The molecule has 1 heterocycles. The predicted octanol–water partition coefficient (Wildman–Crippen LogP) is 2.14. The minimum Gasteiger partial charge on any atom is -0.474 e. The van der Waals surface area contributed by atoms with Gasteiger partial charge in [0.2, 0.25) is 5.88 Å². The van der Waals surface area contributed by atoms with Gasteiger partial charge in [-0.15, -0.1) is 0 Å². The molecule has 0 spiro atoms. The molecule has 96 valence electrons. The molecule has 1 rings (SSSR count). The Balaban J connectivity index is 2.83. The zero-order valence-electron chi connectivity index (χ0n) is 11.0. The summed E-state index contributed by atoms with van der Waals surface area (Å²) in [5.74, 6) is 7.27. The van der Waals surface area contributed by atoms with Crippen molar-refractivity contribution in [3.05, 3.63) is 11.9 Å². The van der Waals surface area contributed by atoms with Crippen LogP contribution in [-0.4, -0.2) is 16.1 Å². The third kappa shape index (κ3) is 3.85. The van der Waals surface area contributed by atoms with Crippen LogP contribution in [0.3, 0.4) is 0 Å². The second kappa shape index (κ2) is 6.39. The summed E-state index contributed by atoms with van der Waals surface area (Å²) in [7, 11) is 0. The number of rotatable bonds is 6. The van der Waals surface area contributed by atoms with Crippen molar-refractivity contribution >= 4 is 5.82 Å². The van der Waals surface area contributed by atoms with E-state index in [0.29, 0.717) is 17.6 Å². The molecule has 5 nitrogen and oxygen atoms in total. The highest BCUT2D eigenvalue weighted by atomic mass is 16.5. The molecule has 0 aliphatic rings. The van der Waals surface area contributed by atoms with Crippen LogP contribution in [-0.2, 0) is 6.42 Å². The van der Waals surface area contributed by atoms with E-state index in [1.54, 1.807) is 0 Å². The monoisotopic (exact) mass is 238 g/mol. The number of hydrogen-bond donors (Lipinski definition) is 2. The predicted molar refractivity (Wildman–Crippen MR) is 68.8 cm³/mol. The van der Waals surface area contributed by atoms with Gasteiger partial charge in [-0.25, -0.2) is 15.8 Å². The Morgan fingerprint density at radius 3 is 2.59 bits per heavy atom. The molecule has 17 heavy (non-hydrogen) atoms. The summed E-state index contributed by atoms with van der Waals surface area (Å²) in [5, 5.41) is 0. The number of anilines is 1. The molecule has 0 bridgehead atoms. The lowest BCUT2D eigenvalue weighted by Crippen LogP contribution is -2.18. The molecule has 1 atom stereocenters. The quantitative estimate of drug-likeness (QED) is 0.586. The van der Waals surface area contributed by atoms with E-state index in [-0.39, 0.29) is 6.10 Å². The van der Waals surface area contributed by atoms with Crippen LogP contribution in [0, 0.1) is 5.92 Å². The van der Waals surface area contributed by atoms with E-state index in [9.17, 15) is 0 Å². The van der Waals surface area contributed by atoms with Gasteiger partial charge in [0, 0.05) is 0 Å². The molecular formula is C12H22N4O. The second-order valence-electron chi connectivity index (χ2n) is 4.56. The van der Waals surface area contributed by atoms with Gasteiger partial charge in [-0.3, -0.25) is 0 Å². The van der Waals surface area contributed by atoms with Crippen molar-refractivity contribution in [3.63, 3.8) is 0 Å². The largest absolute Gasteiger partial charge is 0.474 e. The standard InChI is InChI=1S/C12H22N4O/c1-5-10-11(16-13)14-7-15-12(10)17-9(4)6-8(2)3/h7-9H,5-6,13H2,1-4H3,(H,14,15,16). The minimum absolute atomic E-state index is 0.140. The fraction of sp³-hybridized carbons (Fsp3) is 0.667. The normalized spacial score (nSPS) is 12.6. The molecule has 1 unspecified atom stereocenters. The Hall–Kier alpha value is -1.36. The van der Waals surface area contributed by atoms with Gasteiger partial charge < -0.3 is 10.2 Å². The van der Waals surface area contributed by atoms with Crippen molar-refractivity contribution in [1.29, 1.82) is 0 Å². The summed E-state index contributed by atoms with van der Waals surface area (Å²) >= 11 is 0. The molecule has 0 saturated heterocycles. The van der Waals surface area contributed by atoms with E-state index in [1.807, 2.05) is 6.92 Å². The fourth-order valence-corrected chi connectivity index (χ4v) is 1.84. The van der Waals surface area contributed by atoms with Gasteiger partial charge in [0.05, 0.1) is 11.7 Å². The first kappa shape index (κ1) is 13.7. The molecule has 0 amide bonds. The maximum Gasteiger partial charge on any atom is 0.222 e. The smallest absolute Gasteiger partial charge is 0.222 e. The number of ether oxygens (including phenoxy) is 1. The molecule has 1 aromatic heterocycles. The summed E-state index contributed by atoms with van der Waals surface area (Å²) in [6.45, 7) is 8.43. The van der Waals surface area contributed by atoms with Crippen molar-refractivity contribution in [3.8, 4) is 5.88 Å². The zero-order chi connectivity index (χ0) is 12.8. The minimum atomic E-state index is 0.140. The molecular weight excluding hydrogens is 216 g/mol. The van der Waals surface area contributed by atoms with Gasteiger partial charge in [0.15, 0.2) is 0 Å². The number of nitrogen functional groups attached to an aromatic ring is 1. The Morgan fingerprint density at radius 1 is 1.35 bits per heavy atom. The van der Waals surface area contributed by atoms with Crippen molar-refractivity contribution in [2.75, 3.05) is 5.43 Å². The summed E-state index contributed by atoms with van der Waals surface area (Å²) in [6, 6.07) is 0. The second-order valence-corrected chi connectivity index (χ2v) is 4.56. The van der Waals surface area contributed by atoms with Crippen molar-refractivity contribution < 1.29 is 4.74 Å². The van der Waals surface area contributed by atoms with Crippen LogP contribution in [0.2, 0.25) is 0 Å². The van der Waals surface area contributed by atoms with Gasteiger partial charge in [-0.2, -0.15) is 0 Å². The van der Waals surface area contributed by atoms with E-state index in [0.717, 1.165) is 18.4 Å². The van der Waals surface area contributed by atoms with E-state index in [1.165, 1.54) is 6.33 Å². The average molecular weight is 238 g/mol. The van der Waals surface area contributed by atoms with Crippen LogP contribution in [0.1, 0.15) is 39.7 Å². The molecule has 3 N–H and O–H groups in total. The van der Waals surface area contributed by atoms with E-state index in [4.69, 9.17) is 10.6 Å². The lowest BCUT2D eigenvalue weighted by Gasteiger charge is -2.18. The van der Waals surface area contributed by atoms with Gasteiger partial charge in [0.1, 0.15) is 12.1 Å². The first-order valence-electron chi connectivity index (χ1n) is 6.05. The fourth-order valence-electron chi connectivity index (χ4n) is 1.84. The van der Waals surface area contributed by atoms with E-state index >= 15 is 0 Å². The van der Waals surface area contributed by atoms with Gasteiger partial charge >= 0.3 is 0 Å². The third-order valence-corrected chi connectivity index (χ3v) is 2.51. The Morgan fingerprint density at radius 2 is 2.06 bits per heavy atom. The highest BCUT2D eigenvalue weighted by Gasteiger charge is 2.14. The maximum absolute atomic E-state index is 5.84. The van der Waals surface area contributed by atoms with E-state index in [2.05, 4.69) is 36.2 Å². The maximum atomic E-state index is 5.84. The van der Waals surface area contributed by atoms with Crippen LogP contribution < -0.4 is 16.0 Å². The van der Waals surface area contributed by atoms with Gasteiger partial charge in [0.25, 0.3) is 0 Å². The Labute approximate surface area is 103 Å². The highest BCUT2D eigenvalue weighted by molar-refractivity contribution is 5.47. The van der Waals surface area contributed by atoms with Crippen LogP contribution in [0.4, 0.5) is 5.82 Å². The van der Waals surface area contributed by atoms with Crippen LogP contribution in [0.25, 0.3) is 0 Å². The SMILES string of the molecule is CCc1c(NN)ncnc1OC(C)CC(C)C. The third-order valence-electron chi connectivity index (χ3n) is 2.51. The van der Waals surface area contributed by atoms with Crippen molar-refractivity contribution in [1.82, 2.24) is 9.97 Å². The first-order chi connectivity index (χ1) is 8.08. The Kier molecular flexibility index (Phi) is 5.15. The molecule has 0 fully saturated rings. The van der Waals surface area contributed by atoms with Gasteiger partial charge in [-0.1, -0.05) is 20.8 Å². The molecule has 0 aliphatic heterocycles. The average Bonchev–Trinajstić information content (AvgIpc) is 2.27. The Bertz CT molecular complexity index is 354. The topological polar surface area (TPSA) is 73.1 Å². The number of hydrazine groups is 1. The lowest BCUT2D eigenvalue weighted by atomic mass is 10.1. The number of hydrogen-bond acceptors (Lipinski definition) is 5. The molecule has 0 aliphatic carbocycles. The highest BCUT2D eigenvalue weighted by Crippen LogP contribution is 2.23. The van der Waals surface area contributed by atoms with Crippen molar-refractivity contribution in [2.24, 2.45) is 11.8 Å². The number of nitrogens with one attached hydrogen (secondary N) is 1. The molecule has 5 heteroatoms. The zero-order valence-corrected chi connectivity index (χ0v) is 11.0. The summed E-state index contributed by atoms with van der Waals surface area (Å²) in [4.78, 5) is 8.25. The molecule has 1 aromatic rings. The molecule has 0 radical (unpaired) electrons. The van der Waals surface area contributed by atoms with Gasteiger partial charge in [-0.05, 0) is 25.7 Å². The van der Waals surface area contributed by atoms with Crippen molar-refractivity contribution in [2.45, 2.75) is 46.6 Å². The molecule has 0 saturated carbocycles. The molecule has 0 aromatic carbocycles. The number of aromatic nitrogens is 2. The van der Waals surface area contributed by atoms with E-state index < -0.39 is 0 Å². The first-order valence-corrected chi connectivity index (χ1v) is 6.05.